The van der Waals surface area contributed by atoms with Crippen LogP contribution in [-0.4, -0.2) is 30.7 Å². The van der Waals surface area contributed by atoms with Crippen molar-refractivity contribution in [2.45, 2.75) is 30.6 Å². The van der Waals surface area contributed by atoms with E-state index in [0.717, 1.165) is 25.4 Å². The third-order valence-electron chi connectivity index (χ3n) is 3.95. The predicted octanol–water partition coefficient (Wildman–Crippen LogP) is 3.09. The van der Waals surface area contributed by atoms with Gasteiger partial charge < -0.3 is 9.84 Å². The summed E-state index contributed by atoms with van der Waals surface area (Å²) < 4.78 is 5.44. The van der Waals surface area contributed by atoms with E-state index in [4.69, 9.17) is 4.74 Å². The monoisotopic (exact) mass is 266 g/mol. The van der Waals surface area contributed by atoms with E-state index in [1.165, 1.54) is 10.5 Å². The summed E-state index contributed by atoms with van der Waals surface area (Å²) in [6, 6.07) is 8.79. The van der Waals surface area contributed by atoms with Crippen LogP contribution in [0.4, 0.5) is 0 Å². The molecule has 1 N–H and O–H groups in total. The number of aliphatic hydroxyl groups is 1. The minimum Gasteiger partial charge on any atom is -0.396 e. The molecule has 0 aromatic heterocycles. The first-order valence-corrected chi connectivity index (χ1v) is 7.67. The Morgan fingerprint density at radius 3 is 2.33 bits per heavy atom. The van der Waals surface area contributed by atoms with Gasteiger partial charge in [-0.15, -0.1) is 11.8 Å². The zero-order chi connectivity index (χ0) is 13.0. The number of benzene rings is 1. The summed E-state index contributed by atoms with van der Waals surface area (Å²) in [4.78, 5) is 1.31. The molecule has 1 saturated heterocycles. The molecule has 1 unspecified atom stereocenters. The second kappa shape index (κ2) is 6.09. The minimum absolute atomic E-state index is 0.0406. The van der Waals surface area contributed by atoms with Crippen molar-refractivity contribution in [3.8, 4) is 0 Å². The Balaban J connectivity index is 2.22. The lowest BCUT2D eigenvalue weighted by Crippen LogP contribution is -2.53. The topological polar surface area (TPSA) is 29.5 Å². The number of aliphatic hydroxyl groups excluding tert-OH is 1. The van der Waals surface area contributed by atoms with Gasteiger partial charge in [0.2, 0.25) is 0 Å². The Kier molecular flexibility index (Phi) is 4.71. The molecule has 100 valence electrons. The fraction of sp³-hybridized carbons (Fsp3) is 0.600. The second-order valence-corrected chi connectivity index (χ2v) is 6.23. The van der Waals surface area contributed by atoms with Gasteiger partial charge in [0.1, 0.15) is 0 Å². The largest absolute Gasteiger partial charge is 0.396 e. The molecule has 1 aromatic carbocycles. The molecular weight excluding hydrogens is 244 g/mol. The van der Waals surface area contributed by atoms with Gasteiger partial charge in [-0.05, 0) is 29.4 Å². The Labute approximate surface area is 114 Å². The summed E-state index contributed by atoms with van der Waals surface area (Å²) in [5.41, 5.74) is 1.36. The van der Waals surface area contributed by atoms with Gasteiger partial charge >= 0.3 is 0 Å². The fourth-order valence-electron chi connectivity index (χ4n) is 2.70. The Hall–Kier alpha value is -0.510. The van der Waals surface area contributed by atoms with Crippen LogP contribution in [0.3, 0.4) is 0 Å². The maximum absolute atomic E-state index is 9.57. The van der Waals surface area contributed by atoms with Gasteiger partial charge in [0.05, 0.1) is 13.2 Å². The van der Waals surface area contributed by atoms with E-state index >= 15 is 0 Å². The number of hydrogen-bond acceptors (Lipinski definition) is 3. The van der Waals surface area contributed by atoms with Crippen LogP contribution in [0.1, 0.15) is 25.8 Å². The molecule has 18 heavy (non-hydrogen) atoms. The standard InChI is InChI=1S/C15H22O2S/c1-3-12(9-16)15(10-17-11-15)13-5-7-14(8-6-13)18-4-2/h5-8,12,16H,3-4,9-11H2,1-2H3. The Bertz CT molecular complexity index is 367. The van der Waals surface area contributed by atoms with Crippen LogP contribution in [-0.2, 0) is 10.2 Å². The zero-order valence-electron chi connectivity index (χ0n) is 11.2. The molecular formula is C15H22O2S. The van der Waals surface area contributed by atoms with Crippen LogP contribution in [0, 0.1) is 5.92 Å². The van der Waals surface area contributed by atoms with E-state index in [0.29, 0.717) is 5.92 Å². The molecule has 0 aliphatic carbocycles. The van der Waals surface area contributed by atoms with E-state index in [1.807, 2.05) is 11.8 Å². The highest BCUT2D eigenvalue weighted by Gasteiger charge is 2.45. The quantitative estimate of drug-likeness (QED) is 0.802. The van der Waals surface area contributed by atoms with Gasteiger partial charge in [-0.3, -0.25) is 0 Å². The fourth-order valence-corrected chi connectivity index (χ4v) is 3.37. The molecule has 3 heteroatoms. The molecule has 1 aromatic rings. The molecule has 0 saturated carbocycles. The molecule has 1 aliphatic heterocycles. The van der Waals surface area contributed by atoms with Crippen molar-refractivity contribution in [3.63, 3.8) is 0 Å². The van der Waals surface area contributed by atoms with Gasteiger partial charge in [0, 0.05) is 16.9 Å². The van der Waals surface area contributed by atoms with Crippen molar-refractivity contribution in [1.29, 1.82) is 0 Å². The van der Waals surface area contributed by atoms with Crippen LogP contribution in [0.5, 0.6) is 0 Å². The van der Waals surface area contributed by atoms with Gasteiger partial charge in [0.25, 0.3) is 0 Å². The summed E-state index contributed by atoms with van der Waals surface area (Å²) in [5.74, 6) is 1.40. The van der Waals surface area contributed by atoms with Gasteiger partial charge in [-0.25, -0.2) is 0 Å². The lowest BCUT2D eigenvalue weighted by molar-refractivity contribution is -0.101. The van der Waals surface area contributed by atoms with E-state index in [1.54, 1.807) is 0 Å². The summed E-state index contributed by atoms with van der Waals surface area (Å²) in [6.45, 7) is 6.03. The van der Waals surface area contributed by atoms with E-state index < -0.39 is 0 Å². The first-order valence-electron chi connectivity index (χ1n) is 6.68. The van der Waals surface area contributed by atoms with Gasteiger partial charge in [0.15, 0.2) is 0 Å². The molecule has 2 nitrogen and oxygen atoms in total. The summed E-state index contributed by atoms with van der Waals surface area (Å²) in [7, 11) is 0. The third-order valence-corrected chi connectivity index (χ3v) is 4.85. The highest BCUT2D eigenvalue weighted by atomic mass is 32.2. The number of rotatable bonds is 6. The van der Waals surface area contributed by atoms with Crippen molar-refractivity contribution in [3.05, 3.63) is 29.8 Å². The predicted molar refractivity (Wildman–Crippen MR) is 76.2 cm³/mol. The SMILES string of the molecule is CCSc1ccc(C2(C(CC)CO)COC2)cc1. The molecule has 1 fully saturated rings. The average Bonchev–Trinajstić information content (AvgIpc) is 2.35. The molecule has 2 rings (SSSR count). The number of hydrogen-bond donors (Lipinski definition) is 1. The first-order chi connectivity index (χ1) is 8.76. The zero-order valence-corrected chi connectivity index (χ0v) is 12.0. The normalized spacial score (nSPS) is 19.3. The minimum atomic E-state index is 0.0406. The van der Waals surface area contributed by atoms with Crippen molar-refractivity contribution >= 4 is 11.8 Å². The van der Waals surface area contributed by atoms with Crippen LogP contribution in [0.2, 0.25) is 0 Å². The number of thioether (sulfide) groups is 1. The Morgan fingerprint density at radius 2 is 1.94 bits per heavy atom. The molecule has 0 amide bonds. The highest BCUT2D eigenvalue weighted by Crippen LogP contribution is 2.41. The summed E-state index contributed by atoms with van der Waals surface area (Å²) >= 11 is 1.86. The van der Waals surface area contributed by atoms with Crippen molar-refractivity contribution in [2.75, 3.05) is 25.6 Å². The van der Waals surface area contributed by atoms with Crippen LogP contribution in [0.25, 0.3) is 0 Å². The van der Waals surface area contributed by atoms with Crippen molar-refractivity contribution in [2.24, 2.45) is 5.92 Å². The molecule has 1 heterocycles. The molecule has 0 bridgehead atoms. The summed E-state index contributed by atoms with van der Waals surface area (Å²) in [5, 5.41) is 9.57. The van der Waals surface area contributed by atoms with Crippen LogP contribution in [0.15, 0.2) is 29.2 Å². The van der Waals surface area contributed by atoms with Gasteiger partial charge in [-0.2, -0.15) is 0 Å². The van der Waals surface area contributed by atoms with Crippen molar-refractivity contribution < 1.29 is 9.84 Å². The smallest absolute Gasteiger partial charge is 0.0589 e. The first kappa shape index (κ1) is 13.9. The van der Waals surface area contributed by atoms with E-state index in [-0.39, 0.29) is 12.0 Å². The third kappa shape index (κ3) is 2.44. The van der Waals surface area contributed by atoms with E-state index in [2.05, 4.69) is 38.1 Å². The molecule has 1 atom stereocenters. The van der Waals surface area contributed by atoms with Crippen molar-refractivity contribution in [1.82, 2.24) is 0 Å². The average molecular weight is 266 g/mol. The maximum Gasteiger partial charge on any atom is 0.0589 e. The molecule has 0 spiro atoms. The van der Waals surface area contributed by atoms with Gasteiger partial charge in [-0.1, -0.05) is 32.4 Å². The lowest BCUT2D eigenvalue weighted by atomic mass is 9.68. The lowest BCUT2D eigenvalue weighted by Gasteiger charge is -2.47. The maximum atomic E-state index is 9.57. The highest BCUT2D eigenvalue weighted by molar-refractivity contribution is 7.99. The van der Waals surface area contributed by atoms with E-state index in [9.17, 15) is 5.11 Å². The van der Waals surface area contributed by atoms with Crippen LogP contribution < -0.4 is 0 Å². The number of ether oxygens (including phenoxy) is 1. The molecule has 0 radical (unpaired) electrons. The summed E-state index contributed by atoms with van der Waals surface area (Å²) in [6.07, 6.45) is 0.991. The Morgan fingerprint density at radius 1 is 1.28 bits per heavy atom. The molecule has 1 aliphatic rings. The second-order valence-electron chi connectivity index (χ2n) is 4.89. The van der Waals surface area contributed by atoms with Crippen LogP contribution >= 0.6 is 11.8 Å².